The Morgan fingerprint density at radius 2 is 1.19 bits per heavy atom. The van der Waals surface area contributed by atoms with Crippen molar-refractivity contribution in [3.8, 4) is 0 Å². The van der Waals surface area contributed by atoms with Crippen molar-refractivity contribution >= 4 is 11.3 Å². The van der Waals surface area contributed by atoms with Crippen molar-refractivity contribution in [1.82, 2.24) is 4.90 Å². The second-order valence-corrected chi connectivity index (χ2v) is 6.23. The van der Waals surface area contributed by atoms with Crippen molar-refractivity contribution in [1.29, 1.82) is 0 Å². The van der Waals surface area contributed by atoms with E-state index in [1.54, 1.807) is 0 Å². The fraction of sp³-hybridized carbons (Fsp3) is 0.158. The van der Waals surface area contributed by atoms with Crippen molar-refractivity contribution in [2.45, 2.75) is 19.6 Å². The number of benzene rings is 2. The van der Waals surface area contributed by atoms with Gasteiger partial charge in [0.05, 0.1) is 0 Å². The third-order valence-electron chi connectivity index (χ3n) is 3.46. The van der Waals surface area contributed by atoms with E-state index in [1.165, 1.54) is 16.0 Å². The Kier molecular flexibility index (Phi) is 4.82. The Bertz CT molecular complexity index is 590. The summed E-state index contributed by atoms with van der Waals surface area (Å²) in [6.45, 7) is 2.96. The summed E-state index contributed by atoms with van der Waals surface area (Å²) < 4.78 is 0. The molecule has 1 aromatic heterocycles. The number of rotatable bonds is 6. The van der Waals surface area contributed by atoms with Crippen LogP contribution >= 0.6 is 11.3 Å². The lowest BCUT2D eigenvalue weighted by Crippen LogP contribution is -2.21. The minimum atomic E-state index is 0.980. The van der Waals surface area contributed by atoms with E-state index in [0.29, 0.717) is 0 Å². The molecule has 21 heavy (non-hydrogen) atoms. The highest BCUT2D eigenvalue weighted by Gasteiger charge is 2.08. The summed E-state index contributed by atoms with van der Waals surface area (Å²) in [7, 11) is 0. The predicted octanol–water partition coefficient (Wildman–Crippen LogP) is 4.95. The number of nitrogens with zero attached hydrogens (tertiary/aromatic N) is 1. The van der Waals surface area contributed by atoms with Gasteiger partial charge in [-0.1, -0.05) is 66.7 Å². The van der Waals surface area contributed by atoms with Crippen LogP contribution < -0.4 is 0 Å². The summed E-state index contributed by atoms with van der Waals surface area (Å²) in [5, 5.41) is 2.15. The Labute approximate surface area is 130 Å². The molecule has 3 aromatic rings. The summed E-state index contributed by atoms with van der Waals surface area (Å²) in [6.07, 6.45) is 0. The van der Waals surface area contributed by atoms with Crippen molar-refractivity contribution in [2.24, 2.45) is 0 Å². The fourth-order valence-electron chi connectivity index (χ4n) is 2.47. The van der Waals surface area contributed by atoms with Gasteiger partial charge in [0.25, 0.3) is 0 Å². The van der Waals surface area contributed by atoms with Crippen LogP contribution in [0.15, 0.2) is 78.2 Å². The Morgan fingerprint density at radius 3 is 1.67 bits per heavy atom. The largest absolute Gasteiger partial charge is 0.290 e. The van der Waals surface area contributed by atoms with Gasteiger partial charge in [-0.25, -0.2) is 0 Å². The van der Waals surface area contributed by atoms with Crippen LogP contribution in [0.2, 0.25) is 0 Å². The van der Waals surface area contributed by atoms with Gasteiger partial charge in [0.15, 0.2) is 0 Å². The van der Waals surface area contributed by atoms with Gasteiger partial charge in [-0.3, -0.25) is 4.90 Å². The zero-order chi connectivity index (χ0) is 14.3. The average molecular weight is 293 g/mol. The Balaban J connectivity index is 1.74. The average Bonchev–Trinajstić information content (AvgIpc) is 3.02. The van der Waals surface area contributed by atoms with Crippen LogP contribution in [-0.4, -0.2) is 4.90 Å². The minimum Gasteiger partial charge on any atom is -0.290 e. The van der Waals surface area contributed by atoms with Crippen LogP contribution in [0.5, 0.6) is 0 Å². The number of hydrogen-bond donors (Lipinski definition) is 0. The van der Waals surface area contributed by atoms with Gasteiger partial charge in [0.2, 0.25) is 0 Å². The highest BCUT2D eigenvalue weighted by molar-refractivity contribution is 7.09. The third-order valence-corrected chi connectivity index (χ3v) is 4.32. The van der Waals surface area contributed by atoms with E-state index >= 15 is 0 Å². The standard InChI is InChI=1S/C19H19NS/c1-3-8-17(9-4-1)14-20(16-19-12-7-13-21-19)15-18-10-5-2-6-11-18/h1-13H,14-16H2. The van der Waals surface area contributed by atoms with Crippen LogP contribution in [0, 0.1) is 0 Å². The van der Waals surface area contributed by atoms with E-state index in [9.17, 15) is 0 Å². The van der Waals surface area contributed by atoms with E-state index in [2.05, 4.69) is 83.1 Å². The van der Waals surface area contributed by atoms with Crippen LogP contribution in [0.4, 0.5) is 0 Å². The molecule has 0 saturated carbocycles. The molecule has 1 nitrogen and oxygen atoms in total. The topological polar surface area (TPSA) is 3.24 Å². The molecule has 0 spiro atoms. The van der Waals surface area contributed by atoms with E-state index in [4.69, 9.17) is 0 Å². The van der Waals surface area contributed by atoms with E-state index in [0.717, 1.165) is 19.6 Å². The van der Waals surface area contributed by atoms with Gasteiger partial charge in [-0.05, 0) is 22.6 Å². The second kappa shape index (κ2) is 7.21. The fourth-order valence-corrected chi connectivity index (χ4v) is 3.22. The van der Waals surface area contributed by atoms with Gasteiger partial charge in [0, 0.05) is 24.5 Å². The van der Waals surface area contributed by atoms with E-state index in [1.807, 2.05) is 11.3 Å². The molecule has 0 fully saturated rings. The van der Waals surface area contributed by atoms with E-state index < -0.39 is 0 Å². The molecular weight excluding hydrogens is 274 g/mol. The zero-order valence-corrected chi connectivity index (χ0v) is 12.8. The molecule has 2 aromatic carbocycles. The lowest BCUT2D eigenvalue weighted by Gasteiger charge is -2.22. The zero-order valence-electron chi connectivity index (χ0n) is 12.0. The van der Waals surface area contributed by atoms with Crippen molar-refractivity contribution < 1.29 is 0 Å². The SMILES string of the molecule is c1ccc(CN(Cc2ccccc2)Cc2cccs2)cc1. The first-order chi connectivity index (χ1) is 10.4. The molecule has 106 valence electrons. The summed E-state index contributed by atoms with van der Waals surface area (Å²) in [5.41, 5.74) is 2.73. The molecule has 2 heteroatoms. The summed E-state index contributed by atoms with van der Waals surface area (Å²) >= 11 is 1.83. The molecule has 0 saturated heterocycles. The van der Waals surface area contributed by atoms with E-state index in [-0.39, 0.29) is 0 Å². The van der Waals surface area contributed by atoms with Crippen LogP contribution in [-0.2, 0) is 19.6 Å². The van der Waals surface area contributed by atoms with Gasteiger partial charge in [-0.15, -0.1) is 11.3 Å². The maximum absolute atomic E-state index is 2.50. The lowest BCUT2D eigenvalue weighted by atomic mass is 10.1. The van der Waals surface area contributed by atoms with Crippen molar-refractivity contribution in [3.05, 3.63) is 94.2 Å². The van der Waals surface area contributed by atoms with Crippen molar-refractivity contribution in [2.75, 3.05) is 0 Å². The molecule has 1 heterocycles. The molecule has 0 atom stereocenters. The second-order valence-electron chi connectivity index (χ2n) is 5.20. The lowest BCUT2D eigenvalue weighted by molar-refractivity contribution is 0.250. The van der Waals surface area contributed by atoms with Gasteiger partial charge in [-0.2, -0.15) is 0 Å². The predicted molar refractivity (Wildman–Crippen MR) is 90.2 cm³/mol. The van der Waals surface area contributed by atoms with Crippen molar-refractivity contribution in [3.63, 3.8) is 0 Å². The van der Waals surface area contributed by atoms with Gasteiger partial charge in [0.1, 0.15) is 0 Å². The molecule has 0 unspecified atom stereocenters. The Hall–Kier alpha value is -1.90. The monoisotopic (exact) mass is 293 g/mol. The molecule has 0 aliphatic carbocycles. The summed E-state index contributed by atoms with van der Waals surface area (Å²) in [5.74, 6) is 0. The summed E-state index contributed by atoms with van der Waals surface area (Å²) in [4.78, 5) is 3.91. The molecule has 0 aliphatic rings. The normalized spacial score (nSPS) is 10.9. The highest BCUT2D eigenvalue weighted by Crippen LogP contribution is 2.17. The quantitative estimate of drug-likeness (QED) is 0.621. The molecule has 0 aliphatic heterocycles. The smallest absolute Gasteiger partial charge is 0.0335 e. The molecule has 0 radical (unpaired) electrons. The first kappa shape index (κ1) is 14.1. The first-order valence-electron chi connectivity index (χ1n) is 7.23. The minimum absolute atomic E-state index is 0.980. The van der Waals surface area contributed by atoms with Crippen LogP contribution in [0.3, 0.4) is 0 Å². The molecule has 0 bridgehead atoms. The molecule has 3 rings (SSSR count). The maximum atomic E-state index is 2.50. The molecular formula is C19H19NS. The van der Waals surface area contributed by atoms with Gasteiger partial charge >= 0.3 is 0 Å². The number of thiophene rings is 1. The molecule has 0 amide bonds. The first-order valence-corrected chi connectivity index (χ1v) is 8.11. The summed E-state index contributed by atoms with van der Waals surface area (Å²) in [6, 6.07) is 25.7. The third kappa shape index (κ3) is 4.28. The van der Waals surface area contributed by atoms with Crippen LogP contribution in [0.25, 0.3) is 0 Å². The maximum Gasteiger partial charge on any atom is 0.0335 e. The Morgan fingerprint density at radius 1 is 0.619 bits per heavy atom. The number of hydrogen-bond acceptors (Lipinski definition) is 2. The van der Waals surface area contributed by atoms with Crippen LogP contribution in [0.1, 0.15) is 16.0 Å². The highest BCUT2D eigenvalue weighted by atomic mass is 32.1. The molecule has 0 N–H and O–H groups in total. The van der Waals surface area contributed by atoms with Gasteiger partial charge < -0.3 is 0 Å².